The van der Waals surface area contributed by atoms with E-state index in [0.717, 1.165) is 11.5 Å². The summed E-state index contributed by atoms with van der Waals surface area (Å²) in [5.74, 6) is -0.284. The minimum Gasteiger partial charge on any atom is -0.462 e. The van der Waals surface area contributed by atoms with Crippen molar-refractivity contribution in [3.63, 3.8) is 0 Å². The predicted molar refractivity (Wildman–Crippen MR) is 80.0 cm³/mol. The number of carbonyl (C=O) groups is 2. The number of amides is 1. The molecule has 0 unspecified atom stereocenters. The second-order valence-corrected chi connectivity index (χ2v) is 5.72. The van der Waals surface area contributed by atoms with Gasteiger partial charge in [0.05, 0.1) is 6.61 Å². The van der Waals surface area contributed by atoms with Gasteiger partial charge in [0.1, 0.15) is 11.2 Å². The molecule has 1 rings (SSSR count). The maximum Gasteiger partial charge on any atom is 0.414 e. The molecule has 7 nitrogen and oxygen atoms in total. The van der Waals surface area contributed by atoms with Gasteiger partial charge in [0.25, 0.3) is 0 Å². The summed E-state index contributed by atoms with van der Waals surface area (Å²) in [5.41, 5.74) is -0.345. The Labute approximate surface area is 127 Å². The Balaban J connectivity index is 2.77. The highest BCUT2D eigenvalue weighted by molar-refractivity contribution is 7.10. The molecule has 0 aliphatic rings. The smallest absolute Gasteiger partial charge is 0.414 e. The number of carbonyl (C=O) groups excluding carboxylic acids is 2. The SMILES string of the molecule is CC=C(C(=O)OCC)c1nsc(NC(=O)OC(C)(C)C)n1. The van der Waals surface area contributed by atoms with Gasteiger partial charge in [-0.2, -0.15) is 9.36 Å². The van der Waals surface area contributed by atoms with Crippen LogP contribution in [0.4, 0.5) is 9.93 Å². The number of esters is 1. The predicted octanol–water partition coefficient (Wildman–Crippen LogP) is 2.85. The molecule has 1 N–H and O–H groups in total. The molecular formula is C13H19N3O4S. The van der Waals surface area contributed by atoms with Crippen molar-refractivity contribution in [3.05, 3.63) is 11.9 Å². The Hall–Kier alpha value is -1.96. The molecule has 0 spiro atoms. The van der Waals surface area contributed by atoms with Crippen molar-refractivity contribution in [3.8, 4) is 0 Å². The van der Waals surface area contributed by atoms with Crippen LogP contribution in [0.2, 0.25) is 0 Å². The second kappa shape index (κ2) is 7.16. The molecular weight excluding hydrogens is 294 g/mol. The summed E-state index contributed by atoms with van der Waals surface area (Å²) in [4.78, 5) is 27.4. The van der Waals surface area contributed by atoms with Gasteiger partial charge in [-0.1, -0.05) is 6.08 Å². The lowest BCUT2D eigenvalue weighted by atomic mass is 10.2. The molecule has 1 aromatic rings. The minimum atomic E-state index is -0.622. The molecule has 0 saturated carbocycles. The maximum atomic E-state index is 11.7. The Morgan fingerprint density at radius 3 is 2.57 bits per heavy atom. The molecule has 1 heterocycles. The van der Waals surface area contributed by atoms with Gasteiger partial charge in [-0.3, -0.25) is 5.32 Å². The summed E-state index contributed by atoms with van der Waals surface area (Å²) < 4.78 is 14.0. The van der Waals surface area contributed by atoms with Gasteiger partial charge >= 0.3 is 12.1 Å². The first-order chi connectivity index (χ1) is 9.76. The van der Waals surface area contributed by atoms with Crippen molar-refractivity contribution in [2.45, 2.75) is 40.2 Å². The van der Waals surface area contributed by atoms with Gasteiger partial charge in [-0.15, -0.1) is 0 Å². The average molecular weight is 313 g/mol. The van der Waals surface area contributed by atoms with Gasteiger partial charge in [-0.05, 0) is 34.6 Å². The van der Waals surface area contributed by atoms with Crippen LogP contribution in [0.3, 0.4) is 0 Å². The van der Waals surface area contributed by atoms with Crippen LogP contribution in [0, 0.1) is 0 Å². The lowest BCUT2D eigenvalue weighted by Crippen LogP contribution is -2.27. The summed E-state index contributed by atoms with van der Waals surface area (Å²) in [7, 11) is 0. The topological polar surface area (TPSA) is 90.4 Å². The molecule has 0 aliphatic carbocycles. The number of hydrogen-bond acceptors (Lipinski definition) is 7. The molecule has 0 atom stereocenters. The van der Waals surface area contributed by atoms with Crippen LogP contribution in [-0.2, 0) is 14.3 Å². The summed E-state index contributed by atoms with van der Waals surface area (Å²) in [6.45, 7) is 8.96. The van der Waals surface area contributed by atoms with E-state index in [1.54, 1.807) is 40.7 Å². The van der Waals surface area contributed by atoms with E-state index in [2.05, 4.69) is 14.7 Å². The van der Waals surface area contributed by atoms with Crippen LogP contribution < -0.4 is 5.32 Å². The number of rotatable bonds is 4. The van der Waals surface area contributed by atoms with Crippen molar-refractivity contribution in [1.29, 1.82) is 0 Å². The van der Waals surface area contributed by atoms with E-state index in [1.807, 2.05) is 0 Å². The summed E-state index contributed by atoms with van der Waals surface area (Å²) in [5, 5.41) is 2.73. The van der Waals surface area contributed by atoms with E-state index in [0.29, 0.717) is 0 Å². The number of hydrogen-bond donors (Lipinski definition) is 1. The van der Waals surface area contributed by atoms with E-state index in [1.165, 1.54) is 0 Å². The van der Waals surface area contributed by atoms with Crippen LogP contribution >= 0.6 is 11.5 Å². The zero-order valence-corrected chi connectivity index (χ0v) is 13.5. The largest absolute Gasteiger partial charge is 0.462 e. The summed E-state index contributed by atoms with van der Waals surface area (Å²) >= 11 is 0.961. The highest BCUT2D eigenvalue weighted by atomic mass is 32.1. The average Bonchev–Trinajstić information content (AvgIpc) is 2.76. The van der Waals surface area contributed by atoms with Gasteiger partial charge in [0.2, 0.25) is 5.13 Å². The number of allylic oxidation sites excluding steroid dienone is 1. The Morgan fingerprint density at radius 2 is 2.05 bits per heavy atom. The molecule has 21 heavy (non-hydrogen) atoms. The Bertz CT molecular complexity index is 546. The molecule has 0 radical (unpaired) electrons. The Morgan fingerprint density at radius 1 is 1.38 bits per heavy atom. The fraction of sp³-hybridized carbons (Fsp3) is 0.538. The van der Waals surface area contributed by atoms with Crippen LogP contribution in [0.5, 0.6) is 0 Å². The van der Waals surface area contributed by atoms with Crippen molar-refractivity contribution in [2.75, 3.05) is 11.9 Å². The third kappa shape index (κ3) is 5.50. The third-order valence-electron chi connectivity index (χ3n) is 2.06. The van der Waals surface area contributed by atoms with Gasteiger partial charge in [0.15, 0.2) is 5.82 Å². The van der Waals surface area contributed by atoms with E-state index in [4.69, 9.17) is 9.47 Å². The lowest BCUT2D eigenvalue weighted by Gasteiger charge is -2.18. The maximum absolute atomic E-state index is 11.7. The zero-order valence-electron chi connectivity index (χ0n) is 12.7. The molecule has 0 aliphatic heterocycles. The standard InChI is InChI=1S/C13H19N3O4S/c1-6-8(10(17)19-7-2)9-14-11(21-16-9)15-12(18)20-13(3,4)5/h6H,7H2,1-5H3,(H,14,15,16,18). The molecule has 0 bridgehead atoms. The minimum absolute atomic E-state index is 0.215. The zero-order chi connectivity index (χ0) is 16.0. The van der Waals surface area contributed by atoms with Gasteiger partial charge in [-0.25, -0.2) is 9.59 Å². The number of aromatic nitrogens is 2. The fourth-order valence-corrected chi connectivity index (χ4v) is 1.89. The molecule has 116 valence electrons. The highest BCUT2D eigenvalue weighted by Crippen LogP contribution is 2.19. The first-order valence-corrected chi connectivity index (χ1v) is 7.21. The van der Waals surface area contributed by atoms with Crippen LogP contribution in [0.25, 0.3) is 5.57 Å². The normalized spacial score (nSPS) is 12.0. The molecule has 1 aromatic heterocycles. The number of nitrogens with one attached hydrogen (secondary N) is 1. The quantitative estimate of drug-likeness (QED) is 0.679. The van der Waals surface area contributed by atoms with Gasteiger partial charge < -0.3 is 9.47 Å². The molecule has 0 saturated heterocycles. The fourth-order valence-electron chi connectivity index (χ4n) is 1.32. The van der Waals surface area contributed by atoms with Crippen molar-refractivity contribution >= 4 is 34.3 Å². The van der Waals surface area contributed by atoms with Gasteiger partial charge in [0, 0.05) is 11.5 Å². The Kier molecular flexibility index (Phi) is 5.83. The van der Waals surface area contributed by atoms with Crippen molar-refractivity contribution in [1.82, 2.24) is 9.36 Å². The van der Waals surface area contributed by atoms with Crippen LogP contribution in [0.1, 0.15) is 40.4 Å². The molecule has 1 amide bonds. The van der Waals surface area contributed by atoms with Crippen LogP contribution in [-0.4, -0.2) is 33.6 Å². The lowest BCUT2D eigenvalue weighted by molar-refractivity contribution is -0.136. The van der Waals surface area contributed by atoms with E-state index >= 15 is 0 Å². The third-order valence-corrected chi connectivity index (χ3v) is 2.69. The summed E-state index contributed by atoms with van der Waals surface area (Å²) in [6, 6.07) is 0. The first kappa shape index (κ1) is 17.1. The van der Waals surface area contributed by atoms with Crippen LogP contribution in [0.15, 0.2) is 6.08 Å². The summed E-state index contributed by atoms with van der Waals surface area (Å²) in [6.07, 6.45) is 0.945. The van der Waals surface area contributed by atoms with E-state index in [9.17, 15) is 9.59 Å². The monoisotopic (exact) mass is 313 g/mol. The highest BCUT2D eigenvalue weighted by Gasteiger charge is 2.20. The first-order valence-electron chi connectivity index (χ1n) is 6.44. The molecule has 8 heteroatoms. The van der Waals surface area contributed by atoms with E-state index in [-0.39, 0.29) is 23.1 Å². The van der Waals surface area contributed by atoms with E-state index < -0.39 is 17.7 Å². The van der Waals surface area contributed by atoms with Crippen molar-refractivity contribution < 1.29 is 19.1 Å². The number of anilines is 1. The van der Waals surface area contributed by atoms with Crippen molar-refractivity contribution in [2.24, 2.45) is 0 Å². The number of ether oxygens (including phenoxy) is 2. The molecule has 0 fully saturated rings. The second-order valence-electron chi connectivity index (χ2n) is 4.97. The molecule has 0 aromatic carbocycles. The number of nitrogens with zero attached hydrogens (tertiary/aromatic N) is 2.